The number of fused-ring (bicyclic) bond motifs is 1. The third kappa shape index (κ3) is 2.72. The molecule has 1 fully saturated rings. The minimum atomic E-state index is -0.349. The van der Waals surface area contributed by atoms with Crippen LogP contribution in [0.4, 0.5) is 9.52 Å². The van der Waals surface area contributed by atoms with Gasteiger partial charge in [-0.3, -0.25) is 9.69 Å². The first-order valence-corrected chi connectivity index (χ1v) is 7.76. The van der Waals surface area contributed by atoms with E-state index in [-0.39, 0.29) is 17.6 Å². The number of carbonyl (C=O) groups excluding carboxylic acids is 1. The Kier molecular flexibility index (Phi) is 3.79. The normalized spacial score (nSPS) is 18.3. The van der Waals surface area contributed by atoms with Crippen LogP contribution in [0.5, 0.6) is 0 Å². The molecule has 0 spiro atoms. The van der Waals surface area contributed by atoms with E-state index in [9.17, 15) is 9.18 Å². The van der Waals surface area contributed by atoms with Gasteiger partial charge in [0.25, 0.3) is 0 Å². The molecule has 9 heteroatoms. The molecule has 0 bridgehead atoms. The van der Waals surface area contributed by atoms with Crippen LogP contribution in [-0.4, -0.2) is 24.0 Å². The van der Waals surface area contributed by atoms with Crippen LogP contribution < -0.4 is 4.90 Å². The first kappa shape index (κ1) is 14.2. The minimum absolute atomic E-state index is 0.000545. The first-order valence-electron chi connectivity index (χ1n) is 6.15. The summed E-state index contributed by atoms with van der Waals surface area (Å²) in [6, 6.07) is 2.75. The Morgan fingerprint density at radius 1 is 1.62 bits per heavy atom. The van der Waals surface area contributed by atoms with Crippen LogP contribution in [-0.2, 0) is 4.79 Å². The molecular weight excluding hydrogens is 361 g/mol. The summed E-state index contributed by atoms with van der Waals surface area (Å²) in [5.74, 6) is -0.400. The van der Waals surface area contributed by atoms with Gasteiger partial charge in [0, 0.05) is 28.9 Å². The van der Waals surface area contributed by atoms with Crippen molar-refractivity contribution in [2.75, 3.05) is 18.0 Å². The van der Waals surface area contributed by atoms with Gasteiger partial charge in [0.1, 0.15) is 5.82 Å². The predicted octanol–water partition coefficient (Wildman–Crippen LogP) is 3.86. The maximum absolute atomic E-state index is 13.4. The number of azide groups is 1. The van der Waals surface area contributed by atoms with Crippen LogP contribution in [0.1, 0.15) is 6.42 Å². The largest absolute Gasteiger partial charge is 0.288 e. The Morgan fingerprint density at radius 2 is 2.43 bits per heavy atom. The lowest BCUT2D eigenvalue weighted by atomic mass is 10.1. The van der Waals surface area contributed by atoms with E-state index in [0.717, 1.165) is 0 Å². The summed E-state index contributed by atoms with van der Waals surface area (Å²) in [6.07, 6.45) is 0.338. The van der Waals surface area contributed by atoms with Gasteiger partial charge in [-0.05, 0) is 39.5 Å². The number of hydrogen-bond donors (Lipinski definition) is 0. The lowest BCUT2D eigenvalue weighted by molar-refractivity contribution is -0.117. The summed E-state index contributed by atoms with van der Waals surface area (Å²) < 4.78 is 14.6. The van der Waals surface area contributed by atoms with Crippen LogP contribution in [0.15, 0.2) is 21.7 Å². The second-order valence-corrected chi connectivity index (χ2v) is 6.58. The highest BCUT2D eigenvalue weighted by Crippen LogP contribution is 2.36. The number of carbonyl (C=O) groups is 1. The minimum Gasteiger partial charge on any atom is -0.288 e. The van der Waals surface area contributed by atoms with Crippen molar-refractivity contribution in [1.82, 2.24) is 4.98 Å². The molecule has 2 heterocycles. The highest BCUT2D eigenvalue weighted by Gasteiger charge is 2.32. The summed E-state index contributed by atoms with van der Waals surface area (Å²) >= 11 is 4.55. The van der Waals surface area contributed by atoms with Crippen LogP contribution in [0, 0.1) is 11.7 Å². The van der Waals surface area contributed by atoms with Crippen LogP contribution in [0.3, 0.4) is 0 Å². The average molecular weight is 370 g/mol. The Balaban J connectivity index is 1.92. The summed E-state index contributed by atoms with van der Waals surface area (Å²) in [4.78, 5) is 20.7. The molecule has 1 aliphatic heterocycles. The van der Waals surface area contributed by atoms with Crippen LogP contribution in [0.25, 0.3) is 20.7 Å². The van der Waals surface area contributed by atoms with Crippen molar-refractivity contribution in [3.63, 3.8) is 0 Å². The van der Waals surface area contributed by atoms with Crippen molar-refractivity contribution in [1.29, 1.82) is 0 Å². The van der Waals surface area contributed by atoms with E-state index < -0.39 is 0 Å². The van der Waals surface area contributed by atoms with E-state index in [1.165, 1.54) is 23.5 Å². The maximum atomic E-state index is 13.4. The Labute approximate surface area is 131 Å². The molecule has 21 heavy (non-hydrogen) atoms. The zero-order chi connectivity index (χ0) is 15.0. The smallest absolute Gasteiger partial charge is 0.229 e. The highest BCUT2D eigenvalue weighted by molar-refractivity contribution is 9.10. The molecule has 0 N–H and O–H groups in total. The van der Waals surface area contributed by atoms with Gasteiger partial charge in [-0.25, -0.2) is 9.37 Å². The fourth-order valence-electron chi connectivity index (χ4n) is 2.30. The summed E-state index contributed by atoms with van der Waals surface area (Å²) in [5, 5.41) is 4.06. The Hall–Kier alpha value is -1.70. The number of rotatable bonds is 3. The number of hydrogen-bond acceptors (Lipinski definition) is 4. The number of halogens is 2. The Bertz CT molecular complexity index is 772. The van der Waals surface area contributed by atoms with Crippen LogP contribution in [0.2, 0.25) is 0 Å². The van der Waals surface area contributed by atoms with Gasteiger partial charge in [0.2, 0.25) is 5.91 Å². The SMILES string of the molecule is [N-]=[N+]=NCC1CC(=O)N(c2nc3c(Br)cc(F)cc3s2)C1. The zero-order valence-electron chi connectivity index (χ0n) is 10.7. The number of aromatic nitrogens is 1. The van der Waals surface area contributed by atoms with Crippen molar-refractivity contribution >= 4 is 48.5 Å². The number of anilines is 1. The van der Waals surface area contributed by atoms with Crippen molar-refractivity contribution in [2.45, 2.75) is 6.42 Å². The van der Waals surface area contributed by atoms with E-state index in [4.69, 9.17) is 5.53 Å². The van der Waals surface area contributed by atoms with Gasteiger partial charge in [-0.15, -0.1) is 0 Å². The summed E-state index contributed by atoms with van der Waals surface area (Å²) in [6.45, 7) is 0.764. The van der Waals surface area contributed by atoms with E-state index in [1.54, 1.807) is 4.90 Å². The topological polar surface area (TPSA) is 82.0 Å². The summed E-state index contributed by atoms with van der Waals surface area (Å²) in [7, 11) is 0. The van der Waals surface area contributed by atoms with E-state index in [1.807, 2.05) is 0 Å². The molecular formula is C12H9BrFN5OS. The van der Waals surface area contributed by atoms with E-state index >= 15 is 0 Å². The molecule has 108 valence electrons. The van der Waals surface area contributed by atoms with Gasteiger partial charge in [-0.1, -0.05) is 16.5 Å². The van der Waals surface area contributed by atoms with Gasteiger partial charge < -0.3 is 0 Å². The second-order valence-electron chi connectivity index (χ2n) is 4.72. The number of benzene rings is 1. The fraction of sp³-hybridized carbons (Fsp3) is 0.333. The molecule has 1 unspecified atom stereocenters. The Morgan fingerprint density at radius 3 is 3.19 bits per heavy atom. The van der Waals surface area contributed by atoms with Crippen molar-refractivity contribution in [3.05, 3.63) is 32.9 Å². The monoisotopic (exact) mass is 369 g/mol. The predicted molar refractivity (Wildman–Crippen MR) is 81.8 cm³/mol. The fourth-order valence-corrected chi connectivity index (χ4v) is 4.00. The lowest BCUT2D eigenvalue weighted by Crippen LogP contribution is -2.24. The molecule has 1 aromatic heterocycles. The van der Waals surface area contributed by atoms with Crippen molar-refractivity contribution in [2.24, 2.45) is 11.0 Å². The van der Waals surface area contributed by atoms with E-state index in [0.29, 0.717) is 39.3 Å². The quantitative estimate of drug-likeness (QED) is 0.467. The van der Waals surface area contributed by atoms with Crippen molar-refractivity contribution < 1.29 is 9.18 Å². The number of thiazole rings is 1. The van der Waals surface area contributed by atoms with Gasteiger partial charge in [0.15, 0.2) is 5.13 Å². The first-order chi connectivity index (χ1) is 10.1. The van der Waals surface area contributed by atoms with Crippen LogP contribution >= 0.6 is 27.3 Å². The molecule has 0 saturated carbocycles. The van der Waals surface area contributed by atoms with Gasteiger partial charge >= 0.3 is 0 Å². The standard InChI is InChI=1S/C12H9BrFN5OS/c13-8-2-7(14)3-9-11(8)17-12(21-9)19-5-6(1-10(19)20)4-16-18-15/h2-3,6H,1,4-5H2. The van der Waals surface area contributed by atoms with Crippen molar-refractivity contribution in [3.8, 4) is 0 Å². The number of nitrogens with zero attached hydrogens (tertiary/aromatic N) is 5. The molecule has 0 aliphatic carbocycles. The lowest BCUT2D eigenvalue weighted by Gasteiger charge is -2.11. The molecule has 6 nitrogen and oxygen atoms in total. The molecule has 2 aromatic rings. The van der Waals surface area contributed by atoms with Gasteiger partial charge in [0.05, 0.1) is 10.2 Å². The molecule has 1 aromatic carbocycles. The molecule has 3 rings (SSSR count). The third-order valence-corrected chi connectivity index (χ3v) is 4.87. The second kappa shape index (κ2) is 5.59. The highest BCUT2D eigenvalue weighted by atomic mass is 79.9. The molecule has 1 atom stereocenters. The molecule has 1 amide bonds. The number of amides is 1. The molecule has 1 aliphatic rings. The molecule has 0 radical (unpaired) electrons. The summed E-state index contributed by atoms with van der Waals surface area (Å²) in [5.41, 5.74) is 8.98. The third-order valence-electron chi connectivity index (χ3n) is 3.24. The van der Waals surface area contributed by atoms with E-state index in [2.05, 4.69) is 30.9 Å². The average Bonchev–Trinajstić information content (AvgIpc) is 2.99. The maximum Gasteiger partial charge on any atom is 0.229 e. The van der Waals surface area contributed by atoms with Gasteiger partial charge in [-0.2, -0.15) is 0 Å². The zero-order valence-corrected chi connectivity index (χ0v) is 13.1. The molecule has 1 saturated heterocycles.